The Kier molecular flexibility index (Phi) is 4.75. The average molecular weight is 305 g/mol. The van der Waals surface area contributed by atoms with Crippen molar-refractivity contribution in [1.29, 1.82) is 0 Å². The van der Waals surface area contributed by atoms with E-state index in [1.54, 1.807) is 12.1 Å². The van der Waals surface area contributed by atoms with Crippen LogP contribution in [0.1, 0.15) is 52.7 Å². The highest BCUT2D eigenvalue weighted by Crippen LogP contribution is 2.41. The minimum absolute atomic E-state index is 0.0228. The summed E-state index contributed by atoms with van der Waals surface area (Å²) in [4.78, 5) is 7.94. The van der Waals surface area contributed by atoms with Gasteiger partial charge in [0.25, 0.3) is 0 Å². The molecule has 0 aromatic heterocycles. The summed E-state index contributed by atoms with van der Waals surface area (Å²) in [5, 5.41) is 10.6. The lowest BCUT2D eigenvalue weighted by atomic mass is 9.79. The Morgan fingerprint density at radius 3 is 1.64 bits per heavy atom. The molecule has 0 saturated heterocycles. The van der Waals surface area contributed by atoms with E-state index in [1.165, 1.54) is 0 Å². The molecule has 1 rings (SSSR count). The molecule has 0 atom stereocenters. The van der Waals surface area contributed by atoms with Crippen molar-refractivity contribution < 1.29 is 5.11 Å². The van der Waals surface area contributed by atoms with Crippen LogP contribution in [0.15, 0.2) is 22.1 Å². The zero-order valence-electron chi connectivity index (χ0n) is 14.2. The number of phenolic OH excluding ortho intramolecular Hbond substituents is 1. The normalized spacial score (nSPS) is 13.1. The first-order valence-corrected chi connectivity index (χ1v) is 7.14. The number of phenols is 1. The quantitative estimate of drug-likeness (QED) is 0.469. The number of nitrogens with two attached hydrogens (primary N) is 3. The van der Waals surface area contributed by atoms with E-state index in [0.29, 0.717) is 11.4 Å². The number of rotatable bonds is 1. The summed E-state index contributed by atoms with van der Waals surface area (Å²) in [5.41, 5.74) is 18.0. The Bertz CT molecular complexity index is 579. The van der Waals surface area contributed by atoms with Gasteiger partial charge in [0.1, 0.15) is 5.75 Å². The SMILES string of the molecule is CC(C)(C)c1cc(N=C(N)N=C(N)N)cc(C(C)(C)C)c1O. The van der Waals surface area contributed by atoms with Crippen LogP contribution in [0.3, 0.4) is 0 Å². The Balaban J connectivity index is 3.59. The molecule has 0 fully saturated rings. The van der Waals surface area contributed by atoms with Gasteiger partial charge in [0.05, 0.1) is 5.69 Å². The summed E-state index contributed by atoms with van der Waals surface area (Å²) in [6.07, 6.45) is 0. The van der Waals surface area contributed by atoms with E-state index in [4.69, 9.17) is 17.2 Å². The highest BCUT2D eigenvalue weighted by molar-refractivity contribution is 5.93. The molecule has 1 aromatic rings. The van der Waals surface area contributed by atoms with E-state index in [-0.39, 0.29) is 22.7 Å². The zero-order valence-corrected chi connectivity index (χ0v) is 14.2. The molecule has 6 nitrogen and oxygen atoms in total. The van der Waals surface area contributed by atoms with E-state index < -0.39 is 0 Å². The van der Waals surface area contributed by atoms with Gasteiger partial charge >= 0.3 is 0 Å². The van der Waals surface area contributed by atoms with Gasteiger partial charge in [0, 0.05) is 11.1 Å². The second-order valence-electron chi connectivity index (χ2n) is 7.40. The number of aliphatic imine (C=N–C) groups is 2. The van der Waals surface area contributed by atoms with Crippen molar-refractivity contribution in [3.05, 3.63) is 23.3 Å². The summed E-state index contributed by atoms with van der Waals surface area (Å²) in [6.45, 7) is 12.2. The fourth-order valence-corrected chi connectivity index (χ4v) is 2.12. The van der Waals surface area contributed by atoms with Gasteiger partial charge < -0.3 is 22.3 Å². The molecule has 0 saturated carbocycles. The van der Waals surface area contributed by atoms with Gasteiger partial charge in [-0.2, -0.15) is 4.99 Å². The van der Waals surface area contributed by atoms with Gasteiger partial charge in [-0.25, -0.2) is 4.99 Å². The van der Waals surface area contributed by atoms with Crippen molar-refractivity contribution in [2.75, 3.05) is 0 Å². The highest BCUT2D eigenvalue weighted by Gasteiger charge is 2.26. The Morgan fingerprint density at radius 2 is 1.32 bits per heavy atom. The molecule has 0 radical (unpaired) electrons. The molecule has 7 N–H and O–H groups in total. The summed E-state index contributed by atoms with van der Waals surface area (Å²) in [7, 11) is 0. The van der Waals surface area contributed by atoms with Crippen LogP contribution in [0, 0.1) is 0 Å². The maximum atomic E-state index is 10.6. The van der Waals surface area contributed by atoms with Crippen molar-refractivity contribution in [3.8, 4) is 5.75 Å². The van der Waals surface area contributed by atoms with Crippen molar-refractivity contribution in [2.45, 2.75) is 52.4 Å². The summed E-state index contributed by atoms with van der Waals surface area (Å²) in [6, 6.07) is 3.61. The fourth-order valence-electron chi connectivity index (χ4n) is 2.12. The van der Waals surface area contributed by atoms with Gasteiger partial charge in [0.2, 0.25) is 5.96 Å². The van der Waals surface area contributed by atoms with E-state index in [1.807, 2.05) is 41.5 Å². The van der Waals surface area contributed by atoms with Crippen LogP contribution < -0.4 is 17.2 Å². The monoisotopic (exact) mass is 305 g/mol. The third kappa shape index (κ3) is 4.38. The molecule has 6 heteroatoms. The summed E-state index contributed by atoms with van der Waals surface area (Å²) in [5.74, 6) is 0.122. The minimum Gasteiger partial charge on any atom is -0.507 e. The largest absolute Gasteiger partial charge is 0.507 e. The van der Waals surface area contributed by atoms with E-state index >= 15 is 0 Å². The van der Waals surface area contributed by atoms with E-state index in [9.17, 15) is 5.11 Å². The lowest BCUT2D eigenvalue weighted by molar-refractivity contribution is 0.423. The predicted octanol–water partition coefficient (Wildman–Crippen LogP) is 2.21. The van der Waals surface area contributed by atoms with Crippen LogP contribution in [-0.4, -0.2) is 17.0 Å². The summed E-state index contributed by atoms with van der Waals surface area (Å²) >= 11 is 0. The van der Waals surface area contributed by atoms with Crippen LogP contribution in [0.2, 0.25) is 0 Å². The zero-order chi connectivity index (χ0) is 17.3. The third-order valence-corrected chi connectivity index (χ3v) is 3.20. The lowest BCUT2D eigenvalue weighted by Gasteiger charge is -2.27. The second-order valence-corrected chi connectivity index (χ2v) is 7.40. The molecule has 0 heterocycles. The second kappa shape index (κ2) is 5.87. The molecule has 0 aliphatic heterocycles. The summed E-state index contributed by atoms with van der Waals surface area (Å²) < 4.78 is 0. The molecule has 0 aliphatic carbocycles. The maximum Gasteiger partial charge on any atom is 0.223 e. The van der Waals surface area contributed by atoms with Crippen molar-refractivity contribution in [2.24, 2.45) is 27.2 Å². The standard InChI is InChI=1S/C16H27N5O/c1-15(2,3)10-7-9(20-14(19)21-13(17)18)8-11(12(10)22)16(4,5)6/h7-8,22H,1-6H3,(H6,17,18,19,20,21). The first-order valence-electron chi connectivity index (χ1n) is 7.14. The average Bonchev–Trinajstić information content (AvgIpc) is 2.26. The van der Waals surface area contributed by atoms with Gasteiger partial charge in [-0.3, -0.25) is 0 Å². The van der Waals surface area contributed by atoms with Crippen LogP contribution >= 0.6 is 0 Å². The number of nitrogens with zero attached hydrogens (tertiary/aromatic N) is 2. The lowest BCUT2D eigenvalue weighted by Crippen LogP contribution is -2.26. The van der Waals surface area contributed by atoms with E-state index in [0.717, 1.165) is 11.1 Å². The smallest absolute Gasteiger partial charge is 0.223 e. The number of hydrogen-bond acceptors (Lipinski definition) is 2. The highest BCUT2D eigenvalue weighted by atomic mass is 16.3. The first-order chi connectivity index (χ1) is 9.82. The topological polar surface area (TPSA) is 123 Å². The maximum absolute atomic E-state index is 10.6. The van der Waals surface area contributed by atoms with Crippen LogP contribution in [-0.2, 0) is 10.8 Å². The fraction of sp³-hybridized carbons (Fsp3) is 0.500. The van der Waals surface area contributed by atoms with Crippen LogP contribution in [0.5, 0.6) is 5.75 Å². The van der Waals surface area contributed by atoms with Crippen LogP contribution in [0.25, 0.3) is 0 Å². The number of hydrogen-bond donors (Lipinski definition) is 4. The van der Waals surface area contributed by atoms with Gasteiger partial charge in [0.15, 0.2) is 5.96 Å². The third-order valence-electron chi connectivity index (χ3n) is 3.20. The Hall–Kier alpha value is -2.24. The van der Waals surface area contributed by atoms with Crippen molar-refractivity contribution in [3.63, 3.8) is 0 Å². The van der Waals surface area contributed by atoms with Crippen molar-refractivity contribution >= 4 is 17.6 Å². The molecule has 22 heavy (non-hydrogen) atoms. The Morgan fingerprint density at radius 1 is 0.909 bits per heavy atom. The van der Waals surface area contributed by atoms with Crippen LogP contribution in [0.4, 0.5) is 5.69 Å². The first kappa shape index (κ1) is 17.8. The molecule has 122 valence electrons. The van der Waals surface area contributed by atoms with Gasteiger partial charge in [-0.05, 0) is 23.0 Å². The minimum atomic E-state index is -0.236. The Labute approximate surface area is 132 Å². The number of benzene rings is 1. The van der Waals surface area contributed by atoms with E-state index in [2.05, 4.69) is 9.98 Å². The van der Waals surface area contributed by atoms with Crippen molar-refractivity contribution in [1.82, 2.24) is 0 Å². The molecular formula is C16H27N5O. The van der Waals surface area contributed by atoms with Gasteiger partial charge in [-0.1, -0.05) is 41.5 Å². The van der Waals surface area contributed by atoms with Gasteiger partial charge in [-0.15, -0.1) is 0 Å². The molecule has 0 aliphatic rings. The number of guanidine groups is 2. The molecule has 0 spiro atoms. The molecule has 0 unspecified atom stereocenters. The molecule has 0 bridgehead atoms. The molecular weight excluding hydrogens is 278 g/mol. The predicted molar refractivity (Wildman–Crippen MR) is 92.6 cm³/mol. The number of aromatic hydroxyl groups is 1. The molecule has 0 amide bonds. The molecule has 1 aromatic carbocycles.